The van der Waals surface area contributed by atoms with Gasteiger partial charge in [0.25, 0.3) is 11.8 Å². The predicted molar refractivity (Wildman–Crippen MR) is 100 cm³/mol. The molecule has 0 aliphatic carbocycles. The van der Waals surface area contributed by atoms with Crippen LogP contribution in [0.3, 0.4) is 0 Å². The Balaban J connectivity index is 1.61. The number of piperidine rings is 1. The van der Waals surface area contributed by atoms with Crippen molar-refractivity contribution < 1.29 is 9.59 Å². The molecule has 0 spiro atoms. The molecule has 1 fully saturated rings. The van der Waals surface area contributed by atoms with Crippen molar-refractivity contribution in [1.82, 2.24) is 24.6 Å². The van der Waals surface area contributed by atoms with Crippen LogP contribution in [0.2, 0.25) is 0 Å². The molecule has 27 heavy (non-hydrogen) atoms. The number of amides is 2. The fraction of sp³-hybridized carbons (Fsp3) is 0.300. The molecule has 0 saturated carbocycles. The predicted octanol–water partition coefficient (Wildman–Crippen LogP) is 2.29. The summed E-state index contributed by atoms with van der Waals surface area (Å²) in [6, 6.07) is 9.19. The Kier molecular flexibility index (Phi) is 4.82. The summed E-state index contributed by atoms with van der Waals surface area (Å²) in [7, 11) is 0. The van der Waals surface area contributed by atoms with Gasteiger partial charge >= 0.3 is 0 Å². The Morgan fingerprint density at radius 3 is 2.70 bits per heavy atom. The number of fused-ring (bicyclic) bond motifs is 1. The fourth-order valence-electron chi connectivity index (χ4n) is 3.36. The Hall–Kier alpha value is -3.22. The van der Waals surface area contributed by atoms with E-state index in [1.165, 1.54) is 0 Å². The van der Waals surface area contributed by atoms with E-state index in [4.69, 9.17) is 0 Å². The van der Waals surface area contributed by atoms with Gasteiger partial charge in [-0.15, -0.1) is 0 Å². The van der Waals surface area contributed by atoms with Crippen molar-refractivity contribution in [2.24, 2.45) is 0 Å². The summed E-state index contributed by atoms with van der Waals surface area (Å²) in [5.74, 6) is -0.138. The first-order valence-electron chi connectivity index (χ1n) is 9.17. The van der Waals surface area contributed by atoms with E-state index in [2.05, 4.69) is 15.3 Å². The van der Waals surface area contributed by atoms with Crippen molar-refractivity contribution in [3.63, 3.8) is 0 Å². The monoisotopic (exact) mass is 363 g/mol. The lowest BCUT2D eigenvalue weighted by atomic mass is 10.1. The number of likely N-dealkylation sites (tertiary alicyclic amines) is 1. The van der Waals surface area contributed by atoms with Crippen molar-refractivity contribution in [2.45, 2.75) is 25.8 Å². The Morgan fingerprint density at radius 1 is 1.07 bits per heavy atom. The first kappa shape index (κ1) is 17.2. The molecule has 1 N–H and O–H groups in total. The molecule has 0 atom stereocenters. The van der Waals surface area contributed by atoms with Gasteiger partial charge in [-0.25, -0.2) is 4.98 Å². The minimum absolute atomic E-state index is 0.123. The summed E-state index contributed by atoms with van der Waals surface area (Å²) in [6.07, 6.45) is 8.33. The second-order valence-electron chi connectivity index (χ2n) is 6.64. The maximum absolute atomic E-state index is 12.9. The van der Waals surface area contributed by atoms with Crippen molar-refractivity contribution in [2.75, 3.05) is 13.1 Å². The average molecular weight is 363 g/mol. The van der Waals surface area contributed by atoms with Gasteiger partial charge in [0.15, 0.2) is 5.69 Å². The van der Waals surface area contributed by atoms with Crippen LogP contribution in [-0.2, 0) is 6.54 Å². The highest BCUT2D eigenvalue weighted by atomic mass is 16.2. The molecule has 0 bridgehead atoms. The van der Waals surface area contributed by atoms with Crippen LogP contribution in [-0.4, -0.2) is 44.2 Å². The molecule has 1 aliphatic rings. The zero-order valence-electron chi connectivity index (χ0n) is 15.0. The molecule has 2 amide bonds. The van der Waals surface area contributed by atoms with Gasteiger partial charge in [-0.3, -0.25) is 19.0 Å². The van der Waals surface area contributed by atoms with Gasteiger partial charge in [-0.2, -0.15) is 0 Å². The number of carbonyl (C=O) groups excluding carboxylic acids is 2. The van der Waals surface area contributed by atoms with Gasteiger partial charge < -0.3 is 10.2 Å². The zero-order chi connectivity index (χ0) is 18.6. The van der Waals surface area contributed by atoms with Crippen LogP contribution in [0.1, 0.15) is 45.9 Å². The van der Waals surface area contributed by atoms with Crippen molar-refractivity contribution in [3.05, 3.63) is 66.0 Å². The molecule has 0 unspecified atom stereocenters. The van der Waals surface area contributed by atoms with Crippen molar-refractivity contribution >= 4 is 17.3 Å². The Labute approximate surface area is 157 Å². The SMILES string of the molecule is O=C(NCc1cccnc1)c1nc(C(=O)N2CCCCC2)n2ccccc12. The molecular weight excluding hydrogens is 342 g/mol. The highest BCUT2D eigenvalue weighted by Crippen LogP contribution is 2.17. The Morgan fingerprint density at radius 2 is 1.93 bits per heavy atom. The van der Waals surface area contributed by atoms with Crippen molar-refractivity contribution in [1.29, 1.82) is 0 Å². The minimum atomic E-state index is -0.305. The summed E-state index contributed by atoms with van der Waals surface area (Å²) in [6.45, 7) is 1.83. The van der Waals surface area contributed by atoms with Crippen LogP contribution in [0.4, 0.5) is 0 Å². The van der Waals surface area contributed by atoms with E-state index < -0.39 is 0 Å². The summed E-state index contributed by atoms with van der Waals surface area (Å²) in [5, 5.41) is 2.86. The molecule has 1 aliphatic heterocycles. The maximum atomic E-state index is 12.9. The van der Waals surface area contributed by atoms with Crippen molar-refractivity contribution in [3.8, 4) is 0 Å². The fourth-order valence-corrected chi connectivity index (χ4v) is 3.36. The molecule has 138 valence electrons. The van der Waals surface area contributed by atoms with Crippen LogP contribution < -0.4 is 5.32 Å². The number of nitrogens with one attached hydrogen (secondary N) is 1. The lowest BCUT2D eigenvalue weighted by molar-refractivity contribution is 0.0711. The number of pyridine rings is 2. The molecule has 7 heteroatoms. The number of rotatable bonds is 4. The number of imidazole rings is 1. The molecule has 3 aromatic heterocycles. The van der Waals surface area contributed by atoms with Gasteiger partial charge in [0.2, 0.25) is 5.82 Å². The molecule has 3 aromatic rings. The number of carbonyl (C=O) groups is 2. The average Bonchev–Trinajstić information content (AvgIpc) is 3.13. The van der Waals surface area contributed by atoms with E-state index in [9.17, 15) is 9.59 Å². The second-order valence-corrected chi connectivity index (χ2v) is 6.64. The molecular formula is C20H21N5O2. The third-order valence-corrected chi connectivity index (χ3v) is 4.77. The van der Waals surface area contributed by atoms with Crippen LogP contribution in [0.25, 0.3) is 5.52 Å². The quantitative estimate of drug-likeness (QED) is 0.771. The summed E-state index contributed by atoms with van der Waals surface area (Å²) in [4.78, 5) is 35.9. The largest absolute Gasteiger partial charge is 0.346 e. The van der Waals surface area contributed by atoms with E-state index in [0.717, 1.165) is 37.9 Å². The minimum Gasteiger partial charge on any atom is -0.346 e. The number of nitrogens with zero attached hydrogens (tertiary/aromatic N) is 4. The highest BCUT2D eigenvalue weighted by Gasteiger charge is 2.25. The van der Waals surface area contributed by atoms with Crippen LogP contribution in [0, 0.1) is 0 Å². The molecule has 0 aromatic carbocycles. The summed E-state index contributed by atoms with van der Waals surface area (Å²) < 4.78 is 1.70. The van der Waals surface area contributed by atoms with E-state index >= 15 is 0 Å². The van der Waals surface area contributed by atoms with Crippen LogP contribution in [0.5, 0.6) is 0 Å². The van der Waals surface area contributed by atoms with Gasteiger partial charge in [0, 0.05) is 38.2 Å². The second kappa shape index (κ2) is 7.57. The third kappa shape index (κ3) is 3.53. The lowest BCUT2D eigenvalue weighted by Gasteiger charge is -2.25. The first-order valence-corrected chi connectivity index (χ1v) is 9.17. The maximum Gasteiger partial charge on any atom is 0.290 e. The van der Waals surface area contributed by atoms with Gasteiger partial charge in [-0.1, -0.05) is 12.1 Å². The van der Waals surface area contributed by atoms with Gasteiger partial charge in [0.05, 0.1) is 5.52 Å². The van der Waals surface area contributed by atoms with E-state index in [1.807, 2.05) is 29.2 Å². The molecule has 4 rings (SSSR count). The molecule has 7 nitrogen and oxygen atoms in total. The normalized spacial score (nSPS) is 14.3. The lowest BCUT2D eigenvalue weighted by Crippen LogP contribution is -2.36. The number of aromatic nitrogens is 3. The number of hydrogen-bond donors (Lipinski definition) is 1. The summed E-state index contributed by atoms with van der Waals surface area (Å²) >= 11 is 0. The van der Waals surface area contributed by atoms with E-state index in [1.54, 1.807) is 29.1 Å². The van der Waals surface area contributed by atoms with Gasteiger partial charge in [0.1, 0.15) is 0 Å². The van der Waals surface area contributed by atoms with Crippen LogP contribution >= 0.6 is 0 Å². The van der Waals surface area contributed by atoms with Crippen LogP contribution in [0.15, 0.2) is 48.9 Å². The Bertz CT molecular complexity index is 961. The topological polar surface area (TPSA) is 79.6 Å². The third-order valence-electron chi connectivity index (χ3n) is 4.77. The number of hydrogen-bond acceptors (Lipinski definition) is 4. The highest BCUT2D eigenvalue weighted by molar-refractivity contribution is 6.02. The smallest absolute Gasteiger partial charge is 0.290 e. The first-order chi connectivity index (χ1) is 13.2. The molecule has 1 saturated heterocycles. The summed E-state index contributed by atoms with van der Waals surface area (Å²) in [5.41, 5.74) is 1.79. The molecule has 0 radical (unpaired) electrons. The van der Waals surface area contributed by atoms with E-state index in [0.29, 0.717) is 17.9 Å². The zero-order valence-corrected chi connectivity index (χ0v) is 15.0. The van der Waals surface area contributed by atoms with E-state index in [-0.39, 0.29) is 17.5 Å². The van der Waals surface area contributed by atoms with Gasteiger partial charge in [-0.05, 0) is 43.0 Å². The molecule has 4 heterocycles. The standard InChI is InChI=1S/C20H21N5O2/c26-19(22-14-15-7-6-9-21-13-15)17-16-8-2-5-12-25(16)18(23-17)20(27)24-10-3-1-4-11-24/h2,5-9,12-13H,1,3-4,10-11,14H2,(H,22,26).